The molecule has 0 aromatic heterocycles. The van der Waals surface area contributed by atoms with Gasteiger partial charge in [0.1, 0.15) is 11.9 Å². The first-order valence-electron chi connectivity index (χ1n) is 12.1. The number of urea groups is 1. The number of piperazine rings is 1. The third-order valence-electron chi connectivity index (χ3n) is 6.88. The van der Waals surface area contributed by atoms with Gasteiger partial charge in [-0.15, -0.1) is 0 Å². The molecule has 5 heteroatoms. The standard InChI is InChI=1S/C29H32N4O/c1-20-8-12-23(13-9-20)26-27(24-14-10-21(2)11-15-24)33(29(34)32-18-16-30-17-19-32)28(31-26)25-7-5-4-6-22(25)3/h4-15,26-27,30H,16-19H2,1-3H3. The number of nitrogens with one attached hydrogen (secondary N) is 1. The molecule has 2 heterocycles. The molecule has 3 aromatic carbocycles. The highest BCUT2D eigenvalue weighted by molar-refractivity contribution is 6.10. The van der Waals surface area contributed by atoms with Gasteiger partial charge in [-0.2, -0.15) is 0 Å². The number of carbonyl (C=O) groups is 1. The second kappa shape index (κ2) is 9.43. The third kappa shape index (κ3) is 4.24. The maximum Gasteiger partial charge on any atom is 0.326 e. The molecule has 34 heavy (non-hydrogen) atoms. The highest BCUT2D eigenvalue weighted by Gasteiger charge is 2.44. The van der Waals surface area contributed by atoms with Gasteiger partial charge in [-0.3, -0.25) is 9.89 Å². The minimum atomic E-state index is -0.208. The van der Waals surface area contributed by atoms with E-state index >= 15 is 0 Å². The molecule has 0 bridgehead atoms. The second-order valence-electron chi connectivity index (χ2n) is 9.37. The Bertz CT molecular complexity index is 1190. The molecular formula is C29H32N4O. The molecule has 1 saturated heterocycles. The minimum Gasteiger partial charge on any atom is -0.322 e. The van der Waals surface area contributed by atoms with Crippen molar-refractivity contribution < 1.29 is 4.79 Å². The molecule has 2 aliphatic heterocycles. The zero-order chi connectivity index (χ0) is 23.7. The van der Waals surface area contributed by atoms with Crippen molar-refractivity contribution in [2.45, 2.75) is 32.9 Å². The lowest BCUT2D eigenvalue weighted by atomic mass is 9.92. The lowest BCUT2D eigenvalue weighted by molar-refractivity contribution is 0.157. The molecule has 5 rings (SSSR count). The molecular weight excluding hydrogens is 420 g/mol. The Labute approximate surface area is 202 Å². The normalized spacial score (nSPS) is 20.4. The van der Waals surface area contributed by atoms with Crippen LogP contribution in [-0.4, -0.2) is 47.8 Å². The number of hydrogen-bond donors (Lipinski definition) is 1. The van der Waals surface area contributed by atoms with Crippen LogP contribution in [0.1, 0.15) is 45.5 Å². The van der Waals surface area contributed by atoms with E-state index in [-0.39, 0.29) is 18.1 Å². The average molecular weight is 453 g/mol. The summed E-state index contributed by atoms with van der Waals surface area (Å²) in [6.45, 7) is 9.30. The van der Waals surface area contributed by atoms with E-state index < -0.39 is 0 Å². The topological polar surface area (TPSA) is 47.9 Å². The van der Waals surface area contributed by atoms with E-state index in [2.05, 4.69) is 86.8 Å². The van der Waals surface area contributed by atoms with E-state index in [1.54, 1.807) is 0 Å². The molecule has 2 atom stereocenters. The van der Waals surface area contributed by atoms with Gasteiger partial charge in [0.15, 0.2) is 0 Å². The van der Waals surface area contributed by atoms with E-state index in [0.717, 1.165) is 41.2 Å². The van der Waals surface area contributed by atoms with Crippen molar-refractivity contribution in [3.8, 4) is 0 Å². The van der Waals surface area contributed by atoms with Crippen molar-refractivity contribution >= 4 is 11.9 Å². The lowest BCUT2D eigenvalue weighted by Gasteiger charge is -2.36. The number of rotatable bonds is 3. The molecule has 0 saturated carbocycles. The number of hydrogen-bond acceptors (Lipinski definition) is 3. The fourth-order valence-corrected chi connectivity index (χ4v) is 4.89. The highest BCUT2D eigenvalue weighted by atomic mass is 16.2. The number of aliphatic imine (C=N–C) groups is 1. The molecule has 2 unspecified atom stereocenters. The molecule has 0 aliphatic carbocycles. The summed E-state index contributed by atoms with van der Waals surface area (Å²) in [5.41, 5.74) is 6.77. The van der Waals surface area contributed by atoms with Crippen molar-refractivity contribution in [3.05, 3.63) is 106 Å². The molecule has 2 amide bonds. The predicted molar refractivity (Wildman–Crippen MR) is 137 cm³/mol. The third-order valence-corrected chi connectivity index (χ3v) is 6.88. The van der Waals surface area contributed by atoms with E-state index in [9.17, 15) is 4.79 Å². The molecule has 0 radical (unpaired) electrons. The van der Waals surface area contributed by atoms with Crippen LogP contribution in [0.4, 0.5) is 4.79 Å². The number of amidine groups is 1. The Balaban J connectivity index is 1.67. The van der Waals surface area contributed by atoms with Crippen LogP contribution in [0.2, 0.25) is 0 Å². The fourth-order valence-electron chi connectivity index (χ4n) is 4.89. The zero-order valence-corrected chi connectivity index (χ0v) is 20.2. The summed E-state index contributed by atoms with van der Waals surface area (Å²) in [6.07, 6.45) is 0. The van der Waals surface area contributed by atoms with Crippen LogP contribution in [0.15, 0.2) is 77.8 Å². The van der Waals surface area contributed by atoms with Gasteiger partial charge in [-0.1, -0.05) is 83.9 Å². The minimum absolute atomic E-state index is 0.0312. The first kappa shape index (κ1) is 22.4. The monoisotopic (exact) mass is 452 g/mol. The fraction of sp³-hybridized carbons (Fsp3) is 0.310. The summed E-state index contributed by atoms with van der Waals surface area (Å²) in [4.78, 5) is 23.3. The number of nitrogens with zero attached hydrogens (tertiary/aromatic N) is 3. The van der Waals surface area contributed by atoms with Crippen LogP contribution < -0.4 is 5.32 Å². The van der Waals surface area contributed by atoms with Crippen LogP contribution in [0, 0.1) is 20.8 Å². The molecule has 2 aliphatic rings. The molecule has 3 aromatic rings. The first-order valence-corrected chi connectivity index (χ1v) is 12.1. The van der Waals surface area contributed by atoms with Gasteiger partial charge in [-0.25, -0.2) is 4.79 Å². The van der Waals surface area contributed by atoms with Crippen LogP contribution in [-0.2, 0) is 0 Å². The van der Waals surface area contributed by atoms with E-state index in [1.165, 1.54) is 11.1 Å². The molecule has 1 fully saturated rings. The second-order valence-corrected chi connectivity index (χ2v) is 9.37. The van der Waals surface area contributed by atoms with Crippen LogP contribution in [0.25, 0.3) is 0 Å². The zero-order valence-electron chi connectivity index (χ0n) is 20.2. The quantitative estimate of drug-likeness (QED) is 0.595. The van der Waals surface area contributed by atoms with E-state index in [4.69, 9.17) is 4.99 Å². The van der Waals surface area contributed by atoms with E-state index in [1.807, 2.05) is 21.9 Å². The van der Waals surface area contributed by atoms with Crippen molar-refractivity contribution in [2.24, 2.45) is 4.99 Å². The summed E-state index contributed by atoms with van der Waals surface area (Å²) in [5.74, 6) is 0.762. The predicted octanol–water partition coefficient (Wildman–Crippen LogP) is 5.18. The average Bonchev–Trinajstić information content (AvgIpc) is 3.25. The number of carbonyl (C=O) groups excluding carboxylic acids is 1. The maximum atomic E-state index is 14.1. The van der Waals surface area contributed by atoms with Gasteiger partial charge in [-0.05, 0) is 37.5 Å². The van der Waals surface area contributed by atoms with Crippen molar-refractivity contribution in [3.63, 3.8) is 0 Å². The summed E-state index contributed by atoms with van der Waals surface area (Å²) < 4.78 is 0. The number of amides is 2. The lowest BCUT2D eigenvalue weighted by Crippen LogP contribution is -2.53. The van der Waals surface area contributed by atoms with Crippen molar-refractivity contribution in [1.29, 1.82) is 0 Å². The van der Waals surface area contributed by atoms with E-state index in [0.29, 0.717) is 13.1 Å². The number of benzene rings is 3. The molecule has 5 nitrogen and oxygen atoms in total. The number of aryl methyl sites for hydroxylation is 3. The van der Waals surface area contributed by atoms with Gasteiger partial charge in [0.05, 0.1) is 6.04 Å². The van der Waals surface area contributed by atoms with Gasteiger partial charge >= 0.3 is 6.03 Å². The largest absolute Gasteiger partial charge is 0.326 e. The van der Waals surface area contributed by atoms with Crippen molar-refractivity contribution in [2.75, 3.05) is 26.2 Å². The smallest absolute Gasteiger partial charge is 0.322 e. The van der Waals surface area contributed by atoms with Crippen molar-refractivity contribution in [1.82, 2.24) is 15.1 Å². The van der Waals surface area contributed by atoms with Crippen LogP contribution in [0.3, 0.4) is 0 Å². The first-order chi connectivity index (χ1) is 16.5. The SMILES string of the molecule is Cc1ccc(C2N=C(c3ccccc3C)N(C(=O)N3CCNCC3)C2c2ccc(C)cc2)cc1. The van der Waals surface area contributed by atoms with Gasteiger partial charge in [0.2, 0.25) is 0 Å². The Morgan fingerprint density at radius 3 is 2.03 bits per heavy atom. The van der Waals surface area contributed by atoms with Gasteiger partial charge in [0.25, 0.3) is 0 Å². The summed E-state index contributed by atoms with van der Waals surface area (Å²) in [7, 11) is 0. The summed E-state index contributed by atoms with van der Waals surface area (Å²) in [5, 5.41) is 3.36. The van der Waals surface area contributed by atoms with Crippen LogP contribution >= 0.6 is 0 Å². The summed E-state index contributed by atoms with van der Waals surface area (Å²) >= 11 is 0. The highest BCUT2D eigenvalue weighted by Crippen LogP contribution is 2.44. The Kier molecular flexibility index (Phi) is 6.20. The van der Waals surface area contributed by atoms with Gasteiger partial charge < -0.3 is 10.2 Å². The Morgan fingerprint density at radius 1 is 0.824 bits per heavy atom. The maximum absolute atomic E-state index is 14.1. The molecule has 1 N–H and O–H groups in total. The van der Waals surface area contributed by atoms with Gasteiger partial charge in [0, 0.05) is 31.7 Å². The Hall–Kier alpha value is -3.44. The summed E-state index contributed by atoms with van der Waals surface area (Å²) in [6, 6.07) is 25.0. The van der Waals surface area contributed by atoms with Crippen LogP contribution in [0.5, 0.6) is 0 Å². The Morgan fingerprint density at radius 2 is 1.41 bits per heavy atom. The molecule has 174 valence electrons. The molecule has 0 spiro atoms.